The van der Waals surface area contributed by atoms with Crippen molar-refractivity contribution in [1.29, 1.82) is 0 Å². The lowest BCUT2D eigenvalue weighted by molar-refractivity contribution is -0.146. The van der Waals surface area contributed by atoms with E-state index in [0.717, 1.165) is 0 Å². The number of rotatable bonds is 1. The molecule has 2 heterocycles. The number of likely N-dealkylation sites (tertiary alicyclic amines) is 1. The van der Waals surface area contributed by atoms with Crippen molar-refractivity contribution >= 4 is 17.9 Å². The Morgan fingerprint density at radius 1 is 1.31 bits per heavy atom. The van der Waals surface area contributed by atoms with Crippen LogP contribution in [0.25, 0.3) is 0 Å². The number of carboxylic acids is 1. The first kappa shape index (κ1) is 10.7. The molecule has 0 saturated carbocycles. The second-order valence-electron chi connectivity index (χ2n) is 3.99. The zero-order chi connectivity index (χ0) is 11.7. The van der Waals surface area contributed by atoms with Gasteiger partial charge in [0.2, 0.25) is 5.91 Å². The van der Waals surface area contributed by atoms with Crippen molar-refractivity contribution in [3.05, 3.63) is 0 Å². The minimum Gasteiger partial charge on any atom is -0.481 e. The van der Waals surface area contributed by atoms with Crippen molar-refractivity contribution in [2.45, 2.75) is 0 Å². The summed E-state index contributed by atoms with van der Waals surface area (Å²) in [6.45, 7) is 1.49. The Morgan fingerprint density at radius 2 is 2.00 bits per heavy atom. The highest BCUT2D eigenvalue weighted by Gasteiger charge is 2.38. The van der Waals surface area contributed by atoms with Crippen LogP contribution in [0.1, 0.15) is 0 Å². The number of nitrogens with zero attached hydrogens (tertiary/aromatic N) is 2. The summed E-state index contributed by atoms with van der Waals surface area (Å²) in [5, 5.41) is 11.3. The Balaban J connectivity index is 1.85. The molecule has 0 bridgehead atoms. The quantitative estimate of drug-likeness (QED) is 0.573. The zero-order valence-corrected chi connectivity index (χ0v) is 8.68. The highest BCUT2D eigenvalue weighted by Crippen LogP contribution is 2.17. The molecule has 0 aromatic carbocycles. The minimum atomic E-state index is -0.875. The van der Waals surface area contributed by atoms with Gasteiger partial charge in [0.1, 0.15) is 6.54 Å². The van der Waals surface area contributed by atoms with E-state index in [2.05, 4.69) is 5.32 Å². The van der Waals surface area contributed by atoms with Gasteiger partial charge in [0.05, 0.1) is 5.92 Å². The van der Waals surface area contributed by atoms with Crippen LogP contribution in [-0.2, 0) is 9.59 Å². The van der Waals surface area contributed by atoms with E-state index in [1.807, 2.05) is 0 Å². The van der Waals surface area contributed by atoms with E-state index in [-0.39, 0.29) is 31.6 Å². The van der Waals surface area contributed by atoms with Crippen molar-refractivity contribution in [3.8, 4) is 0 Å². The van der Waals surface area contributed by atoms with Crippen LogP contribution in [0, 0.1) is 5.92 Å². The van der Waals surface area contributed by atoms with Gasteiger partial charge in [-0.05, 0) is 0 Å². The third-order valence-corrected chi connectivity index (χ3v) is 2.81. The number of carbonyl (C=O) groups excluding carboxylic acids is 2. The van der Waals surface area contributed by atoms with Gasteiger partial charge in [-0.2, -0.15) is 0 Å². The molecule has 0 radical (unpaired) electrons. The van der Waals surface area contributed by atoms with Gasteiger partial charge in [-0.15, -0.1) is 0 Å². The molecule has 2 saturated heterocycles. The summed E-state index contributed by atoms with van der Waals surface area (Å²) in [6.07, 6.45) is 0. The van der Waals surface area contributed by atoms with Crippen molar-refractivity contribution in [3.63, 3.8) is 0 Å². The predicted molar refractivity (Wildman–Crippen MR) is 52.7 cm³/mol. The second kappa shape index (κ2) is 3.99. The van der Waals surface area contributed by atoms with Crippen LogP contribution < -0.4 is 5.32 Å². The smallest absolute Gasteiger partial charge is 0.320 e. The maximum atomic E-state index is 11.8. The maximum absolute atomic E-state index is 11.8. The van der Waals surface area contributed by atoms with Crippen molar-refractivity contribution in [1.82, 2.24) is 15.1 Å². The highest BCUT2D eigenvalue weighted by atomic mass is 16.4. The summed E-state index contributed by atoms with van der Waals surface area (Å²) in [7, 11) is 0. The molecule has 0 unspecified atom stereocenters. The number of amides is 3. The first-order valence-electron chi connectivity index (χ1n) is 5.11. The number of urea groups is 1. The standard InChI is InChI=1S/C9H13N3O4/c13-7-5-11(2-1-10-7)9(16)12-3-6(4-12)8(14)15/h6H,1-5H2,(H,10,13)(H,14,15). The topological polar surface area (TPSA) is 90.0 Å². The summed E-state index contributed by atoms with van der Waals surface area (Å²) < 4.78 is 0. The van der Waals surface area contributed by atoms with Gasteiger partial charge in [-0.25, -0.2) is 4.79 Å². The fourth-order valence-electron chi connectivity index (χ4n) is 1.79. The van der Waals surface area contributed by atoms with E-state index < -0.39 is 11.9 Å². The largest absolute Gasteiger partial charge is 0.481 e. The summed E-state index contributed by atoms with van der Waals surface area (Å²) in [5.41, 5.74) is 0. The molecule has 2 N–H and O–H groups in total. The molecule has 2 rings (SSSR count). The monoisotopic (exact) mass is 227 g/mol. The van der Waals surface area contributed by atoms with Crippen LogP contribution in [0.2, 0.25) is 0 Å². The lowest BCUT2D eigenvalue weighted by Gasteiger charge is -2.40. The van der Waals surface area contributed by atoms with Crippen LogP contribution >= 0.6 is 0 Å². The van der Waals surface area contributed by atoms with E-state index in [9.17, 15) is 14.4 Å². The molecule has 0 aliphatic carbocycles. The molecule has 2 aliphatic heterocycles. The van der Waals surface area contributed by atoms with Crippen LogP contribution in [0.4, 0.5) is 4.79 Å². The molecule has 0 atom stereocenters. The predicted octanol–water partition coefficient (Wildman–Crippen LogP) is -1.45. The van der Waals surface area contributed by atoms with Crippen molar-refractivity contribution < 1.29 is 19.5 Å². The third kappa shape index (κ3) is 1.93. The van der Waals surface area contributed by atoms with Crippen LogP contribution in [-0.4, -0.2) is 65.5 Å². The summed E-state index contributed by atoms with van der Waals surface area (Å²) in [5.74, 6) is -1.50. The first-order valence-corrected chi connectivity index (χ1v) is 5.11. The fourth-order valence-corrected chi connectivity index (χ4v) is 1.79. The van der Waals surface area contributed by atoms with Gasteiger partial charge >= 0.3 is 12.0 Å². The Morgan fingerprint density at radius 3 is 2.56 bits per heavy atom. The van der Waals surface area contributed by atoms with Gasteiger partial charge in [-0.3, -0.25) is 9.59 Å². The number of aliphatic carboxylic acids is 1. The molecule has 0 aromatic heterocycles. The Kier molecular flexibility index (Phi) is 2.67. The zero-order valence-electron chi connectivity index (χ0n) is 8.68. The number of hydrogen-bond acceptors (Lipinski definition) is 3. The Bertz CT molecular complexity index is 338. The number of carboxylic acid groups (broad SMARTS) is 1. The molecule has 0 aromatic rings. The van der Waals surface area contributed by atoms with Crippen molar-refractivity contribution in [2.24, 2.45) is 5.92 Å². The average Bonchev–Trinajstić information content (AvgIpc) is 2.14. The van der Waals surface area contributed by atoms with Gasteiger partial charge in [0.15, 0.2) is 0 Å². The second-order valence-corrected chi connectivity index (χ2v) is 3.99. The van der Waals surface area contributed by atoms with Gasteiger partial charge < -0.3 is 20.2 Å². The van der Waals surface area contributed by atoms with E-state index >= 15 is 0 Å². The lowest BCUT2D eigenvalue weighted by Crippen LogP contribution is -2.60. The maximum Gasteiger partial charge on any atom is 0.320 e. The van der Waals surface area contributed by atoms with Crippen LogP contribution in [0.15, 0.2) is 0 Å². The summed E-state index contributed by atoms with van der Waals surface area (Å²) >= 11 is 0. The molecule has 0 spiro atoms. The van der Waals surface area contributed by atoms with Crippen molar-refractivity contribution in [2.75, 3.05) is 32.7 Å². The molecular weight excluding hydrogens is 214 g/mol. The minimum absolute atomic E-state index is 0.0626. The Labute approximate surface area is 92.0 Å². The first-order chi connectivity index (χ1) is 7.58. The summed E-state index contributed by atoms with van der Waals surface area (Å²) in [4.78, 5) is 36.3. The van der Waals surface area contributed by atoms with Gasteiger partial charge in [-0.1, -0.05) is 0 Å². The van der Waals surface area contributed by atoms with E-state index in [1.165, 1.54) is 9.80 Å². The lowest BCUT2D eigenvalue weighted by atomic mass is 10.0. The van der Waals surface area contributed by atoms with Gasteiger partial charge in [0.25, 0.3) is 0 Å². The SMILES string of the molecule is O=C1CN(C(=O)N2CC(C(=O)O)C2)CCN1. The van der Waals surface area contributed by atoms with E-state index in [4.69, 9.17) is 5.11 Å². The number of carbonyl (C=O) groups is 3. The molecule has 16 heavy (non-hydrogen) atoms. The van der Waals surface area contributed by atoms with Gasteiger partial charge in [0, 0.05) is 26.2 Å². The molecule has 3 amide bonds. The Hall–Kier alpha value is -1.79. The normalized spacial score (nSPS) is 21.4. The third-order valence-electron chi connectivity index (χ3n) is 2.81. The van der Waals surface area contributed by atoms with E-state index in [1.54, 1.807) is 0 Å². The molecule has 2 fully saturated rings. The average molecular weight is 227 g/mol. The summed E-state index contributed by atoms with van der Waals surface area (Å²) in [6, 6.07) is -0.243. The number of piperazine rings is 1. The molecule has 7 nitrogen and oxygen atoms in total. The van der Waals surface area contributed by atoms with Crippen LogP contribution in [0.5, 0.6) is 0 Å². The fraction of sp³-hybridized carbons (Fsp3) is 0.667. The molecule has 7 heteroatoms. The molecular formula is C9H13N3O4. The van der Waals surface area contributed by atoms with E-state index in [0.29, 0.717) is 13.1 Å². The van der Waals surface area contributed by atoms with Crippen LogP contribution in [0.3, 0.4) is 0 Å². The highest BCUT2D eigenvalue weighted by molar-refractivity contribution is 5.86. The number of nitrogens with one attached hydrogen (secondary N) is 1. The number of hydrogen-bond donors (Lipinski definition) is 2. The molecule has 2 aliphatic rings. The molecule has 88 valence electrons.